The lowest BCUT2D eigenvalue weighted by molar-refractivity contribution is -0.131. The lowest BCUT2D eigenvalue weighted by Crippen LogP contribution is -2.49. The standard InChI is InChI=1S/C55H70N8OS2.ClH/c1-3-25-62(45-17-19-47-49(33-45)65-54(56)58-47)35-37-21-27-60(28-22-37)51(43-15-13-39-9-5-7-11-41(39)31-43)53(64)52(44-16-14-40-10-6-8-12-42(40)32-44)61-29-23-38(24-30-61)36-63(26-4-2)46-18-20-48-50(34-46)66-55(57)59-48;/h5-16,31-32,37-38,45-46,51-52H,3-4,17-30,33-36H2,1-2H3,(H2,56,58)(H2,57,59);1H/t45?,46?,51-,52-;/m0./s1. The Morgan fingerprint density at radius 3 is 1.42 bits per heavy atom. The minimum absolute atomic E-state index is 0. The van der Waals surface area contributed by atoms with Gasteiger partial charge in [-0.25, -0.2) is 9.97 Å². The maximum absolute atomic E-state index is 16.1. The second kappa shape index (κ2) is 21.8. The Bertz CT molecular complexity index is 2420. The molecule has 0 saturated carbocycles. The van der Waals surface area contributed by atoms with Crippen molar-refractivity contribution in [2.24, 2.45) is 11.8 Å². The number of piperidine rings is 2. The Kier molecular flexibility index (Phi) is 15.6. The van der Waals surface area contributed by atoms with Crippen LogP contribution in [-0.2, 0) is 30.5 Å². The maximum atomic E-state index is 16.1. The highest BCUT2D eigenvalue weighted by Crippen LogP contribution is 2.40. The third kappa shape index (κ3) is 10.8. The molecule has 2 aliphatic carbocycles. The topological polar surface area (TPSA) is 108 Å². The molecule has 12 heteroatoms. The zero-order valence-corrected chi connectivity index (χ0v) is 42.1. The predicted molar refractivity (Wildman–Crippen MR) is 283 cm³/mol. The van der Waals surface area contributed by atoms with Crippen LogP contribution in [0, 0.1) is 11.8 Å². The van der Waals surface area contributed by atoms with E-state index < -0.39 is 0 Å². The highest BCUT2D eigenvalue weighted by atomic mass is 35.5. The van der Waals surface area contributed by atoms with E-state index in [4.69, 9.17) is 11.5 Å². The van der Waals surface area contributed by atoms with Crippen molar-refractivity contribution >= 4 is 72.7 Å². The smallest absolute Gasteiger partial charge is 0.180 e. The molecule has 4 heterocycles. The molecule has 9 nitrogen and oxygen atoms in total. The largest absolute Gasteiger partial charge is 0.375 e. The average Bonchev–Trinajstić information content (AvgIpc) is 3.92. The van der Waals surface area contributed by atoms with Crippen LogP contribution < -0.4 is 11.5 Å². The molecular weight excluding hydrogens is 888 g/mol. The van der Waals surface area contributed by atoms with Gasteiger partial charge in [-0.1, -0.05) is 86.6 Å². The second-order valence-electron chi connectivity index (χ2n) is 20.0. The van der Waals surface area contributed by atoms with Gasteiger partial charge in [-0.2, -0.15) is 0 Å². The van der Waals surface area contributed by atoms with Crippen LogP contribution in [0.15, 0.2) is 84.9 Å². The molecule has 2 saturated heterocycles. The van der Waals surface area contributed by atoms with Crippen LogP contribution in [0.2, 0.25) is 0 Å². The fourth-order valence-electron chi connectivity index (χ4n) is 12.3. The number of hydrogen-bond acceptors (Lipinski definition) is 11. The summed E-state index contributed by atoms with van der Waals surface area (Å²) in [5, 5.41) is 6.25. The Morgan fingerprint density at radius 1 is 0.612 bits per heavy atom. The normalized spacial score (nSPS) is 20.8. The number of halogens is 1. The SMILES string of the molecule is CCCN(CC1CCN([C@H](C(=O)[C@H](c2ccc3ccccc3c2)N2CCC(CN(CCC)C3CCc4nc(N)sc4C3)CC2)c2ccc3ccccc3c2)CC1)C1CCc2nc(N)sc2C1.Cl. The van der Waals surface area contributed by atoms with Crippen LogP contribution in [0.5, 0.6) is 0 Å². The van der Waals surface area contributed by atoms with Gasteiger partial charge >= 0.3 is 0 Å². The van der Waals surface area contributed by atoms with Crippen LogP contribution in [0.25, 0.3) is 21.5 Å². The first-order chi connectivity index (χ1) is 32.3. The zero-order chi connectivity index (χ0) is 45.1. The van der Waals surface area contributed by atoms with Crippen molar-refractivity contribution in [3.05, 3.63) is 117 Å². The molecule has 356 valence electrons. The number of nitrogens with two attached hydrogens (primary N) is 2. The van der Waals surface area contributed by atoms with Gasteiger partial charge in [0.2, 0.25) is 0 Å². The molecule has 6 aromatic rings. The van der Waals surface area contributed by atoms with Crippen molar-refractivity contribution in [1.29, 1.82) is 0 Å². The summed E-state index contributed by atoms with van der Waals surface area (Å²) in [6, 6.07) is 31.3. The van der Waals surface area contributed by atoms with E-state index in [-0.39, 0.29) is 24.5 Å². The summed E-state index contributed by atoms with van der Waals surface area (Å²) in [6.07, 6.45) is 13.2. The number of aromatic nitrogens is 2. The molecule has 4 atom stereocenters. The van der Waals surface area contributed by atoms with Crippen LogP contribution in [-0.4, -0.2) is 99.8 Å². The van der Waals surface area contributed by atoms with Crippen LogP contribution >= 0.6 is 35.1 Å². The number of benzene rings is 4. The summed E-state index contributed by atoms with van der Waals surface area (Å²) in [5.41, 5.74) is 17.0. The van der Waals surface area contributed by atoms with Crippen molar-refractivity contribution < 1.29 is 4.79 Å². The lowest BCUT2D eigenvalue weighted by Gasteiger charge is -2.44. The molecule has 2 aliphatic heterocycles. The van der Waals surface area contributed by atoms with Gasteiger partial charge < -0.3 is 11.5 Å². The van der Waals surface area contributed by atoms with Crippen LogP contribution in [0.3, 0.4) is 0 Å². The fraction of sp³-hybridized carbons (Fsp3) is 0.509. The van der Waals surface area contributed by atoms with E-state index in [1.54, 1.807) is 22.7 Å². The molecular formula is C55H71ClN8OS2. The molecule has 0 bridgehead atoms. The molecule has 2 aromatic heterocycles. The number of rotatable bonds is 16. The van der Waals surface area contributed by atoms with Gasteiger partial charge in [-0.3, -0.25) is 24.4 Å². The number of carbonyl (C=O) groups excluding carboxylic acids is 1. The van der Waals surface area contributed by atoms with Gasteiger partial charge in [0.25, 0.3) is 0 Å². The third-order valence-electron chi connectivity index (χ3n) is 15.6. The van der Waals surface area contributed by atoms with Gasteiger partial charge in [-0.05, 0) is 173 Å². The molecule has 0 spiro atoms. The molecule has 0 amide bonds. The number of ketones is 1. The molecule has 4 aliphatic rings. The number of thiazole rings is 2. The Labute approximate surface area is 412 Å². The van der Waals surface area contributed by atoms with E-state index >= 15 is 4.79 Å². The third-order valence-corrected chi connectivity index (χ3v) is 17.5. The quantitative estimate of drug-likeness (QED) is 0.0980. The molecule has 2 unspecified atom stereocenters. The number of Topliss-reactive ketones (excluding diaryl/α,β-unsaturated/α-hetero) is 1. The predicted octanol–water partition coefficient (Wildman–Crippen LogP) is 10.8. The van der Waals surface area contributed by atoms with Crippen molar-refractivity contribution in [3.8, 4) is 0 Å². The maximum Gasteiger partial charge on any atom is 0.180 e. The summed E-state index contributed by atoms with van der Waals surface area (Å²) in [7, 11) is 0. The highest BCUT2D eigenvalue weighted by molar-refractivity contribution is 7.15. The van der Waals surface area contributed by atoms with E-state index in [1.807, 2.05) is 0 Å². The molecule has 10 rings (SSSR count). The van der Waals surface area contributed by atoms with E-state index in [1.165, 1.54) is 42.7 Å². The van der Waals surface area contributed by atoms with Gasteiger partial charge in [-0.15, -0.1) is 35.1 Å². The van der Waals surface area contributed by atoms with Gasteiger partial charge in [0, 0.05) is 34.9 Å². The summed E-state index contributed by atoms with van der Waals surface area (Å²) in [5.74, 6) is 1.53. The molecule has 67 heavy (non-hydrogen) atoms. The number of hydrogen-bond donors (Lipinski definition) is 2. The Morgan fingerprint density at radius 2 is 1.01 bits per heavy atom. The van der Waals surface area contributed by atoms with Crippen molar-refractivity contribution in [1.82, 2.24) is 29.6 Å². The Balaban J connectivity index is 0.00000562. The Hall–Kier alpha value is -3.94. The van der Waals surface area contributed by atoms with E-state index in [9.17, 15) is 0 Å². The van der Waals surface area contributed by atoms with Crippen LogP contribution in [0.4, 0.5) is 10.3 Å². The van der Waals surface area contributed by atoms with Crippen molar-refractivity contribution in [3.63, 3.8) is 0 Å². The summed E-state index contributed by atoms with van der Waals surface area (Å²) < 4.78 is 0. The summed E-state index contributed by atoms with van der Waals surface area (Å²) in [6.45, 7) is 12.8. The minimum atomic E-state index is -0.331. The number of likely N-dealkylation sites (tertiary alicyclic amines) is 2. The van der Waals surface area contributed by atoms with Crippen molar-refractivity contribution in [2.75, 3.05) is 63.8 Å². The minimum Gasteiger partial charge on any atom is -0.375 e. The number of aryl methyl sites for hydroxylation is 2. The molecule has 4 N–H and O–H groups in total. The first kappa shape index (κ1) is 48.1. The number of fused-ring (bicyclic) bond motifs is 4. The van der Waals surface area contributed by atoms with Crippen molar-refractivity contribution in [2.45, 2.75) is 115 Å². The second-order valence-corrected chi connectivity index (χ2v) is 22.2. The number of nitrogen functional groups attached to an aromatic ring is 2. The van der Waals surface area contributed by atoms with E-state index in [2.05, 4.69) is 128 Å². The summed E-state index contributed by atoms with van der Waals surface area (Å²) in [4.78, 5) is 38.9. The molecule has 0 radical (unpaired) electrons. The molecule has 2 fully saturated rings. The summed E-state index contributed by atoms with van der Waals surface area (Å²) >= 11 is 3.38. The van der Waals surface area contributed by atoms with Gasteiger partial charge in [0.05, 0.1) is 23.5 Å². The van der Waals surface area contributed by atoms with E-state index in [0.717, 1.165) is 141 Å². The zero-order valence-electron chi connectivity index (χ0n) is 39.7. The molecule has 4 aromatic carbocycles. The average molecular weight is 960 g/mol. The first-order valence-electron chi connectivity index (χ1n) is 25.3. The fourth-order valence-corrected chi connectivity index (χ4v) is 14.2. The van der Waals surface area contributed by atoms with Gasteiger partial charge in [0.15, 0.2) is 16.0 Å². The first-order valence-corrected chi connectivity index (χ1v) is 26.9. The highest BCUT2D eigenvalue weighted by Gasteiger charge is 2.41. The van der Waals surface area contributed by atoms with Crippen LogP contribution in [0.1, 0.15) is 110 Å². The monoisotopic (exact) mass is 958 g/mol. The van der Waals surface area contributed by atoms with Gasteiger partial charge in [0.1, 0.15) is 0 Å². The number of nitrogens with zero attached hydrogens (tertiary/aromatic N) is 6. The number of carbonyl (C=O) groups is 1. The van der Waals surface area contributed by atoms with E-state index in [0.29, 0.717) is 40.0 Å². The number of anilines is 2. The lowest BCUT2D eigenvalue weighted by atomic mass is 9.85.